The molecule has 0 aromatic rings. The van der Waals surface area contributed by atoms with Crippen molar-refractivity contribution in [1.82, 2.24) is 0 Å². The number of hydrogen-bond acceptors (Lipinski definition) is 3. The third-order valence-corrected chi connectivity index (χ3v) is 0.976. The molecule has 0 bridgehead atoms. The zero-order valence-electron chi connectivity index (χ0n) is 8.60. The standard InChI is InChI=1S/C6H10O.C4H10O2/c1-3-5-7-6-4-2;1-2-3-4(5)6/h3-6H,1-2H3;4-6H,2-3H2,1H3/b5-3-,6-4-;. The molecule has 2 N–H and O–H groups in total. The molecule has 0 aromatic carbocycles. The van der Waals surface area contributed by atoms with Crippen LogP contribution < -0.4 is 0 Å². The zero-order chi connectivity index (χ0) is 10.5. The van der Waals surface area contributed by atoms with E-state index in [1.165, 1.54) is 0 Å². The predicted octanol–water partition coefficient (Wildman–Crippen LogP) is 2.17. The number of allylic oxidation sites excluding steroid dienone is 2. The van der Waals surface area contributed by atoms with Gasteiger partial charge in [-0.15, -0.1) is 0 Å². The van der Waals surface area contributed by atoms with E-state index in [0.29, 0.717) is 6.42 Å². The summed E-state index contributed by atoms with van der Waals surface area (Å²) in [7, 11) is 0. The van der Waals surface area contributed by atoms with E-state index < -0.39 is 6.29 Å². The third-order valence-electron chi connectivity index (χ3n) is 0.976. The average molecular weight is 188 g/mol. The summed E-state index contributed by atoms with van der Waals surface area (Å²) < 4.78 is 4.77. The lowest BCUT2D eigenvalue weighted by atomic mass is 10.3. The second kappa shape index (κ2) is 13.8. The van der Waals surface area contributed by atoms with E-state index >= 15 is 0 Å². The van der Waals surface area contributed by atoms with Gasteiger partial charge in [-0.05, 0) is 20.3 Å². The number of hydrogen-bond donors (Lipinski definition) is 2. The van der Waals surface area contributed by atoms with Crippen LogP contribution in [0.2, 0.25) is 0 Å². The largest absolute Gasteiger partial charge is 0.473 e. The number of aliphatic hydroxyl groups is 2. The molecule has 0 heterocycles. The molecule has 13 heavy (non-hydrogen) atoms. The molecule has 0 spiro atoms. The molecule has 0 radical (unpaired) electrons. The van der Waals surface area contributed by atoms with Gasteiger partial charge in [0, 0.05) is 0 Å². The van der Waals surface area contributed by atoms with Crippen molar-refractivity contribution in [2.24, 2.45) is 0 Å². The van der Waals surface area contributed by atoms with Gasteiger partial charge in [0.25, 0.3) is 0 Å². The van der Waals surface area contributed by atoms with Crippen LogP contribution in [0.25, 0.3) is 0 Å². The molecule has 0 saturated heterocycles. The molecular formula is C10H20O3. The second-order valence-electron chi connectivity index (χ2n) is 2.34. The van der Waals surface area contributed by atoms with Crippen molar-refractivity contribution in [2.75, 3.05) is 0 Å². The van der Waals surface area contributed by atoms with Gasteiger partial charge in [0.2, 0.25) is 0 Å². The molecule has 0 saturated carbocycles. The van der Waals surface area contributed by atoms with Crippen LogP contribution in [0.3, 0.4) is 0 Å². The predicted molar refractivity (Wildman–Crippen MR) is 53.8 cm³/mol. The van der Waals surface area contributed by atoms with Crippen LogP contribution in [0.15, 0.2) is 24.7 Å². The summed E-state index contributed by atoms with van der Waals surface area (Å²) in [6.45, 7) is 5.71. The van der Waals surface area contributed by atoms with Gasteiger partial charge in [-0.25, -0.2) is 0 Å². The lowest BCUT2D eigenvalue weighted by Crippen LogP contribution is -2.01. The molecule has 0 atom stereocenters. The van der Waals surface area contributed by atoms with E-state index in [1.807, 2.05) is 32.9 Å². The lowest BCUT2D eigenvalue weighted by Gasteiger charge is -1.94. The molecule has 0 aromatic heterocycles. The Morgan fingerprint density at radius 1 is 1.15 bits per heavy atom. The van der Waals surface area contributed by atoms with Crippen molar-refractivity contribution in [3.05, 3.63) is 24.7 Å². The Morgan fingerprint density at radius 2 is 1.62 bits per heavy atom. The molecule has 0 aliphatic heterocycles. The summed E-state index contributed by atoms with van der Waals surface area (Å²) in [6.07, 6.45) is 7.13. The summed E-state index contributed by atoms with van der Waals surface area (Å²) in [4.78, 5) is 0. The SMILES string of the molecule is C/C=C\O/C=C\C.CCCC(O)O. The van der Waals surface area contributed by atoms with Crippen LogP contribution in [-0.4, -0.2) is 16.5 Å². The van der Waals surface area contributed by atoms with E-state index in [9.17, 15) is 0 Å². The van der Waals surface area contributed by atoms with Gasteiger partial charge in [0.1, 0.15) is 0 Å². The van der Waals surface area contributed by atoms with Crippen LogP contribution in [0.5, 0.6) is 0 Å². The van der Waals surface area contributed by atoms with Gasteiger partial charge in [-0.2, -0.15) is 0 Å². The molecule has 78 valence electrons. The smallest absolute Gasteiger partial charge is 0.151 e. The minimum Gasteiger partial charge on any atom is -0.473 e. The highest BCUT2D eigenvalue weighted by molar-refractivity contribution is 4.73. The van der Waals surface area contributed by atoms with Gasteiger partial charge < -0.3 is 14.9 Å². The Bertz CT molecular complexity index is 118. The van der Waals surface area contributed by atoms with Gasteiger partial charge in [-0.3, -0.25) is 0 Å². The summed E-state index contributed by atoms with van der Waals surface area (Å²) in [5, 5.41) is 16.2. The summed E-state index contributed by atoms with van der Waals surface area (Å²) in [5.41, 5.74) is 0. The van der Waals surface area contributed by atoms with Gasteiger partial charge in [0.05, 0.1) is 12.5 Å². The number of aliphatic hydroxyl groups excluding tert-OH is 1. The van der Waals surface area contributed by atoms with E-state index in [2.05, 4.69) is 0 Å². The lowest BCUT2D eigenvalue weighted by molar-refractivity contribution is -0.0453. The van der Waals surface area contributed by atoms with Crippen molar-refractivity contribution in [3.8, 4) is 0 Å². The summed E-state index contributed by atoms with van der Waals surface area (Å²) in [5.74, 6) is 0. The highest BCUT2D eigenvalue weighted by Crippen LogP contribution is 1.88. The van der Waals surface area contributed by atoms with Gasteiger partial charge in [0.15, 0.2) is 6.29 Å². The topological polar surface area (TPSA) is 49.7 Å². The maximum absolute atomic E-state index is 8.11. The third kappa shape index (κ3) is 24.7. The minimum absolute atomic E-state index is 0.486. The van der Waals surface area contributed by atoms with Crippen LogP contribution in [0.4, 0.5) is 0 Å². The van der Waals surface area contributed by atoms with Crippen LogP contribution in [-0.2, 0) is 4.74 Å². The van der Waals surface area contributed by atoms with Crippen LogP contribution in [0.1, 0.15) is 33.6 Å². The Labute approximate surface area is 80.4 Å². The van der Waals surface area contributed by atoms with Crippen molar-refractivity contribution in [3.63, 3.8) is 0 Å². The highest BCUT2D eigenvalue weighted by atomic mass is 16.5. The first-order valence-corrected chi connectivity index (χ1v) is 4.42. The average Bonchev–Trinajstić information content (AvgIpc) is 2.06. The molecule has 0 aliphatic carbocycles. The Hall–Kier alpha value is -0.800. The quantitative estimate of drug-likeness (QED) is 0.525. The monoisotopic (exact) mass is 188 g/mol. The fourth-order valence-electron chi connectivity index (χ4n) is 0.461. The number of rotatable bonds is 4. The molecular weight excluding hydrogens is 168 g/mol. The molecule has 0 fully saturated rings. The van der Waals surface area contributed by atoms with Crippen molar-refractivity contribution in [1.29, 1.82) is 0 Å². The summed E-state index contributed by atoms with van der Waals surface area (Å²) in [6, 6.07) is 0. The first-order chi connectivity index (χ1) is 6.18. The fourth-order valence-corrected chi connectivity index (χ4v) is 0.461. The minimum atomic E-state index is -1.10. The first-order valence-electron chi connectivity index (χ1n) is 4.42. The maximum Gasteiger partial charge on any atom is 0.151 e. The van der Waals surface area contributed by atoms with Crippen LogP contribution >= 0.6 is 0 Å². The molecule has 0 aliphatic rings. The molecule has 0 rings (SSSR count). The Kier molecular flexibility index (Phi) is 15.6. The van der Waals surface area contributed by atoms with Crippen molar-refractivity contribution >= 4 is 0 Å². The van der Waals surface area contributed by atoms with Gasteiger partial charge in [-0.1, -0.05) is 25.5 Å². The first kappa shape index (κ1) is 14.7. The molecule has 3 heteroatoms. The van der Waals surface area contributed by atoms with E-state index in [1.54, 1.807) is 12.5 Å². The summed E-state index contributed by atoms with van der Waals surface area (Å²) >= 11 is 0. The van der Waals surface area contributed by atoms with E-state index in [4.69, 9.17) is 14.9 Å². The molecule has 3 nitrogen and oxygen atoms in total. The second-order valence-corrected chi connectivity index (χ2v) is 2.34. The maximum atomic E-state index is 8.11. The zero-order valence-corrected chi connectivity index (χ0v) is 8.60. The molecule has 0 unspecified atom stereocenters. The highest BCUT2D eigenvalue weighted by Gasteiger charge is 1.89. The van der Waals surface area contributed by atoms with Gasteiger partial charge >= 0.3 is 0 Å². The van der Waals surface area contributed by atoms with E-state index in [-0.39, 0.29) is 0 Å². The van der Waals surface area contributed by atoms with Crippen LogP contribution in [0, 0.1) is 0 Å². The van der Waals surface area contributed by atoms with E-state index in [0.717, 1.165) is 6.42 Å². The number of ether oxygens (including phenoxy) is 1. The van der Waals surface area contributed by atoms with Crippen molar-refractivity contribution < 1.29 is 14.9 Å². The Morgan fingerprint density at radius 3 is 1.77 bits per heavy atom. The molecule has 0 amide bonds. The Balaban J connectivity index is 0. The van der Waals surface area contributed by atoms with Crippen molar-refractivity contribution in [2.45, 2.75) is 39.9 Å². The fraction of sp³-hybridized carbons (Fsp3) is 0.600. The normalized spacial score (nSPS) is 10.6.